The summed E-state index contributed by atoms with van der Waals surface area (Å²) in [6.45, 7) is -0.108. The van der Waals surface area contributed by atoms with Gasteiger partial charge in [-0.3, -0.25) is 14.4 Å². The molecule has 6 nitrogen and oxygen atoms in total. The molecule has 1 aliphatic rings. The van der Waals surface area contributed by atoms with Gasteiger partial charge in [-0.15, -0.1) is 0 Å². The van der Waals surface area contributed by atoms with E-state index in [2.05, 4.69) is 0 Å². The van der Waals surface area contributed by atoms with Gasteiger partial charge in [0.1, 0.15) is 12.4 Å². The van der Waals surface area contributed by atoms with Crippen LogP contribution in [0.2, 0.25) is 0 Å². The molecule has 1 aliphatic heterocycles. The van der Waals surface area contributed by atoms with Gasteiger partial charge in [-0.25, -0.2) is 5.06 Å². The molecule has 0 atom stereocenters. The summed E-state index contributed by atoms with van der Waals surface area (Å²) in [5, 5.41) is 18.1. The lowest BCUT2D eigenvalue weighted by atomic mass is 10.3. The summed E-state index contributed by atoms with van der Waals surface area (Å²) < 4.78 is 0. The normalized spacial score (nSPS) is 17.1. The van der Waals surface area contributed by atoms with Gasteiger partial charge in [0.25, 0.3) is 5.91 Å². The van der Waals surface area contributed by atoms with Crippen LogP contribution in [0.1, 0.15) is 6.42 Å². The third-order valence-electron chi connectivity index (χ3n) is 1.43. The Bertz CT molecular complexity index is 260. The van der Waals surface area contributed by atoms with E-state index in [0.717, 1.165) is 11.1 Å². The number of carboxylic acid groups (broad SMARTS) is 1. The predicted octanol–water partition coefficient (Wildman–Crippen LogP) is -0.323. The van der Waals surface area contributed by atoms with Crippen molar-refractivity contribution in [1.82, 2.24) is 5.06 Å². The van der Waals surface area contributed by atoms with Gasteiger partial charge in [-0.1, -0.05) is 0 Å². The van der Waals surface area contributed by atoms with Gasteiger partial charge in [-0.05, 0) is 0 Å². The molecule has 0 spiro atoms. The molecular weight excluding hydrogens is 178 g/mol. The number of aliphatic hydroxyl groups excluding tert-OH is 1. The minimum Gasteiger partial charge on any atom is -0.510 e. The molecule has 13 heavy (non-hydrogen) atoms. The number of hydroxylamine groups is 2. The van der Waals surface area contributed by atoms with E-state index in [1.165, 1.54) is 0 Å². The van der Waals surface area contributed by atoms with Crippen LogP contribution in [0.5, 0.6) is 0 Å². The van der Waals surface area contributed by atoms with Crippen molar-refractivity contribution in [2.75, 3.05) is 13.2 Å². The van der Waals surface area contributed by atoms with E-state index in [-0.39, 0.29) is 25.3 Å². The molecule has 6 heteroatoms. The van der Waals surface area contributed by atoms with E-state index in [1.54, 1.807) is 0 Å². The fourth-order valence-electron chi connectivity index (χ4n) is 0.836. The summed E-state index contributed by atoms with van der Waals surface area (Å²) in [4.78, 5) is 25.9. The van der Waals surface area contributed by atoms with Crippen LogP contribution in [0.15, 0.2) is 11.8 Å². The molecule has 0 aromatic rings. The Morgan fingerprint density at radius 2 is 2.38 bits per heavy atom. The second-order valence-corrected chi connectivity index (χ2v) is 2.49. The fourth-order valence-corrected chi connectivity index (χ4v) is 0.836. The van der Waals surface area contributed by atoms with Crippen LogP contribution >= 0.6 is 0 Å². The number of aliphatic hydroxyl groups is 1. The van der Waals surface area contributed by atoms with Crippen molar-refractivity contribution in [2.45, 2.75) is 6.42 Å². The maximum absolute atomic E-state index is 11.0. The molecule has 1 rings (SSSR count). The third kappa shape index (κ3) is 2.75. The van der Waals surface area contributed by atoms with Crippen molar-refractivity contribution in [1.29, 1.82) is 0 Å². The van der Waals surface area contributed by atoms with Crippen LogP contribution in [-0.4, -0.2) is 40.3 Å². The zero-order chi connectivity index (χ0) is 9.84. The molecule has 0 saturated heterocycles. The molecule has 72 valence electrons. The minimum absolute atomic E-state index is 0.0159. The van der Waals surface area contributed by atoms with Crippen LogP contribution in [0.3, 0.4) is 0 Å². The number of rotatable bonds is 3. The number of nitrogens with zero attached hydrogens (tertiary/aromatic N) is 1. The molecule has 2 N–H and O–H groups in total. The Kier molecular flexibility index (Phi) is 2.86. The van der Waals surface area contributed by atoms with E-state index in [1.807, 2.05) is 0 Å². The van der Waals surface area contributed by atoms with Crippen LogP contribution in [0, 0.1) is 0 Å². The van der Waals surface area contributed by atoms with Gasteiger partial charge in [0.05, 0.1) is 13.0 Å². The van der Waals surface area contributed by atoms with Gasteiger partial charge in [0.15, 0.2) is 0 Å². The Balaban J connectivity index is 2.45. The molecule has 1 amide bonds. The Hall–Kier alpha value is -1.56. The lowest BCUT2D eigenvalue weighted by Gasteiger charge is -2.22. The van der Waals surface area contributed by atoms with E-state index < -0.39 is 11.9 Å². The zero-order valence-electron chi connectivity index (χ0n) is 6.77. The van der Waals surface area contributed by atoms with Gasteiger partial charge in [0, 0.05) is 6.08 Å². The SMILES string of the molecule is O=C(O)CCN1OCC(O)=CC1=O. The van der Waals surface area contributed by atoms with Crippen molar-refractivity contribution in [3.05, 3.63) is 11.8 Å². The second-order valence-electron chi connectivity index (χ2n) is 2.49. The fraction of sp³-hybridized carbons (Fsp3) is 0.429. The molecule has 0 aromatic heterocycles. The summed E-state index contributed by atoms with van der Waals surface area (Å²) in [6, 6.07) is 0. The van der Waals surface area contributed by atoms with Gasteiger partial charge in [0.2, 0.25) is 0 Å². The third-order valence-corrected chi connectivity index (χ3v) is 1.43. The highest BCUT2D eigenvalue weighted by molar-refractivity contribution is 5.88. The van der Waals surface area contributed by atoms with Gasteiger partial charge in [-0.2, -0.15) is 0 Å². The van der Waals surface area contributed by atoms with E-state index in [9.17, 15) is 9.59 Å². The zero-order valence-corrected chi connectivity index (χ0v) is 6.77. The predicted molar refractivity (Wildman–Crippen MR) is 40.6 cm³/mol. The van der Waals surface area contributed by atoms with Crippen molar-refractivity contribution >= 4 is 11.9 Å². The first-order chi connectivity index (χ1) is 6.09. The second kappa shape index (κ2) is 3.90. The maximum atomic E-state index is 11.0. The highest BCUT2D eigenvalue weighted by atomic mass is 16.7. The van der Waals surface area contributed by atoms with E-state index in [4.69, 9.17) is 15.1 Å². The molecule has 0 fully saturated rings. The maximum Gasteiger partial charge on any atom is 0.305 e. The Morgan fingerprint density at radius 1 is 1.69 bits per heavy atom. The standard InChI is InChI=1S/C7H9NO5/c9-5-3-6(10)8(13-4-5)2-1-7(11)12/h3,9H,1-2,4H2,(H,11,12). The van der Waals surface area contributed by atoms with Crippen LogP contribution in [0.4, 0.5) is 0 Å². The number of hydrogen-bond acceptors (Lipinski definition) is 4. The number of carboxylic acids is 1. The van der Waals surface area contributed by atoms with E-state index >= 15 is 0 Å². The smallest absolute Gasteiger partial charge is 0.305 e. The average Bonchev–Trinajstić information content (AvgIpc) is 2.02. The summed E-state index contributed by atoms with van der Waals surface area (Å²) in [5.41, 5.74) is 0. The Morgan fingerprint density at radius 3 is 2.92 bits per heavy atom. The number of amides is 1. The summed E-state index contributed by atoms with van der Waals surface area (Å²) in [7, 11) is 0. The summed E-state index contributed by atoms with van der Waals surface area (Å²) in [5.74, 6) is -1.70. The van der Waals surface area contributed by atoms with Gasteiger partial charge >= 0.3 is 5.97 Å². The van der Waals surface area contributed by atoms with Crippen LogP contribution < -0.4 is 0 Å². The molecule has 0 radical (unpaired) electrons. The quantitative estimate of drug-likeness (QED) is 0.632. The van der Waals surface area contributed by atoms with Crippen molar-refractivity contribution < 1.29 is 24.6 Å². The molecule has 0 saturated carbocycles. The van der Waals surface area contributed by atoms with E-state index in [0.29, 0.717) is 0 Å². The lowest BCUT2D eigenvalue weighted by Crippen LogP contribution is -2.35. The van der Waals surface area contributed by atoms with Crippen LogP contribution in [-0.2, 0) is 14.4 Å². The highest BCUT2D eigenvalue weighted by Gasteiger charge is 2.19. The summed E-state index contributed by atoms with van der Waals surface area (Å²) >= 11 is 0. The average molecular weight is 187 g/mol. The largest absolute Gasteiger partial charge is 0.510 e. The van der Waals surface area contributed by atoms with Crippen molar-refractivity contribution in [2.24, 2.45) is 0 Å². The highest BCUT2D eigenvalue weighted by Crippen LogP contribution is 2.06. The van der Waals surface area contributed by atoms with Crippen LogP contribution in [0.25, 0.3) is 0 Å². The van der Waals surface area contributed by atoms with Crippen molar-refractivity contribution in [3.8, 4) is 0 Å². The molecule has 0 aromatic carbocycles. The monoisotopic (exact) mass is 187 g/mol. The number of carbonyl (C=O) groups is 2. The molecule has 0 bridgehead atoms. The lowest BCUT2D eigenvalue weighted by molar-refractivity contribution is -0.186. The van der Waals surface area contributed by atoms with Gasteiger partial charge < -0.3 is 10.2 Å². The molecule has 1 heterocycles. The minimum atomic E-state index is -1.00. The first kappa shape index (κ1) is 9.53. The Labute approximate surface area is 74.0 Å². The summed E-state index contributed by atoms with van der Waals surface area (Å²) in [6.07, 6.45) is 0.825. The molecular formula is C7H9NO5. The topological polar surface area (TPSA) is 87.1 Å². The first-order valence-corrected chi connectivity index (χ1v) is 3.65. The number of hydrogen-bond donors (Lipinski definition) is 2. The molecule has 0 unspecified atom stereocenters. The number of carbonyl (C=O) groups excluding carboxylic acids is 1. The first-order valence-electron chi connectivity index (χ1n) is 3.65. The number of aliphatic carboxylic acids is 1. The van der Waals surface area contributed by atoms with Crippen molar-refractivity contribution in [3.63, 3.8) is 0 Å². The molecule has 0 aliphatic carbocycles.